The van der Waals surface area contributed by atoms with Crippen LogP contribution in [-0.2, 0) is 6.42 Å². The van der Waals surface area contributed by atoms with Gasteiger partial charge in [-0.05, 0) is 19.9 Å². The average Bonchev–Trinajstić information content (AvgIpc) is 2.73. The Hall–Kier alpha value is -0.810. The molecule has 1 unspecified atom stereocenters. The van der Waals surface area contributed by atoms with Gasteiger partial charge >= 0.3 is 0 Å². The van der Waals surface area contributed by atoms with E-state index in [2.05, 4.69) is 4.98 Å². The van der Waals surface area contributed by atoms with Crippen molar-refractivity contribution in [1.29, 1.82) is 0 Å². The molecule has 0 amide bonds. The number of methoxy groups -OCH3 is 1. The summed E-state index contributed by atoms with van der Waals surface area (Å²) in [7, 11) is 1.66. The van der Waals surface area contributed by atoms with Crippen LogP contribution in [0, 0.1) is 13.8 Å². The van der Waals surface area contributed by atoms with Gasteiger partial charge in [-0.25, -0.2) is 0 Å². The summed E-state index contributed by atoms with van der Waals surface area (Å²) in [5.41, 5.74) is 10.0. The SMILES string of the molecule is COc1c(C)cnc(CC(N)c2cc(Cl)sc2Cl)c1C. The number of nitrogens with two attached hydrogens (primary N) is 1. The third-order valence-electron chi connectivity index (χ3n) is 3.25. The molecule has 0 aromatic carbocycles. The number of aryl methyl sites for hydroxylation is 1. The van der Waals surface area contributed by atoms with Crippen molar-refractivity contribution in [1.82, 2.24) is 4.98 Å². The molecule has 0 saturated carbocycles. The molecule has 3 nitrogen and oxygen atoms in total. The topological polar surface area (TPSA) is 48.1 Å². The number of aromatic nitrogens is 1. The highest BCUT2D eigenvalue weighted by Crippen LogP contribution is 2.36. The van der Waals surface area contributed by atoms with Gasteiger partial charge in [-0.1, -0.05) is 23.2 Å². The molecule has 0 aliphatic heterocycles. The van der Waals surface area contributed by atoms with Crippen LogP contribution in [0.3, 0.4) is 0 Å². The Bertz CT molecular complexity index is 628. The first-order chi connectivity index (χ1) is 9.43. The molecular weight excluding hydrogens is 315 g/mol. The zero-order chi connectivity index (χ0) is 14.9. The highest BCUT2D eigenvalue weighted by atomic mass is 35.5. The fraction of sp³-hybridized carbons (Fsp3) is 0.357. The number of rotatable bonds is 4. The van der Waals surface area contributed by atoms with Crippen molar-refractivity contribution in [3.05, 3.63) is 43.3 Å². The molecule has 2 rings (SSSR count). The summed E-state index contributed by atoms with van der Waals surface area (Å²) in [4.78, 5) is 4.46. The van der Waals surface area contributed by atoms with Crippen LogP contribution in [0.2, 0.25) is 8.67 Å². The molecule has 108 valence electrons. The molecule has 2 heterocycles. The van der Waals surface area contributed by atoms with E-state index in [0.29, 0.717) is 15.1 Å². The Kier molecular flexibility index (Phi) is 4.91. The molecule has 1 atom stereocenters. The Morgan fingerprint density at radius 3 is 2.65 bits per heavy atom. The Balaban J connectivity index is 2.28. The molecule has 0 fully saturated rings. The number of pyridine rings is 1. The second-order valence-corrected chi connectivity index (χ2v) is 6.92. The van der Waals surface area contributed by atoms with Crippen molar-refractivity contribution >= 4 is 34.5 Å². The van der Waals surface area contributed by atoms with Gasteiger partial charge in [0, 0.05) is 41.0 Å². The first kappa shape index (κ1) is 15.6. The first-order valence-corrected chi connectivity index (χ1v) is 7.70. The Morgan fingerprint density at radius 2 is 2.10 bits per heavy atom. The van der Waals surface area contributed by atoms with E-state index in [1.54, 1.807) is 13.3 Å². The monoisotopic (exact) mass is 330 g/mol. The number of nitrogens with zero attached hydrogens (tertiary/aromatic N) is 1. The second kappa shape index (κ2) is 6.31. The summed E-state index contributed by atoms with van der Waals surface area (Å²) >= 11 is 13.4. The zero-order valence-electron chi connectivity index (χ0n) is 11.5. The molecule has 0 spiro atoms. The third-order valence-corrected chi connectivity index (χ3v) is 4.76. The van der Waals surface area contributed by atoms with E-state index in [9.17, 15) is 0 Å². The standard InChI is InChI=1S/C14H16Cl2N2OS/c1-7-6-18-11(8(2)13(7)19-3)5-10(17)9-4-12(15)20-14(9)16/h4,6,10H,5,17H2,1-3H3. The van der Waals surface area contributed by atoms with Gasteiger partial charge in [0.05, 0.1) is 15.8 Å². The van der Waals surface area contributed by atoms with Crippen LogP contribution < -0.4 is 10.5 Å². The van der Waals surface area contributed by atoms with Crippen LogP contribution >= 0.6 is 34.5 Å². The maximum Gasteiger partial charge on any atom is 0.128 e. The second-order valence-electron chi connectivity index (χ2n) is 4.64. The van der Waals surface area contributed by atoms with Gasteiger partial charge < -0.3 is 10.5 Å². The van der Waals surface area contributed by atoms with Crippen molar-refractivity contribution in [2.45, 2.75) is 26.3 Å². The quantitative estimate of drug-likeness (QED) is 0.908. The Morgan fingerprint density at radius 1 is 1.40 bits per heavy atom. The summed E-state index contributed by atoms with van der Waals surface area (Å²) in [6, 6.07) is 1.59. The number of hydrogen-bond donors (Lipinski definition) is 1. The van der Waals surface area contributed by atoms with E-state index in [4.69, 9.17) is 33.7 Å². The van der Waals surface area contributed by atoms with E-state index in [0.717, 1.165) is 28.1 Å². The lowest BCUT2D eigenvalue weighted by Gasteiger charge is -2.15. The fourth-order valence-electron chi connectivity index (χ4n) is 2.20. The predicted octanol–water partition coefficient (Wildman–Crippen LogP) is 4.32. The number of halogens is 2. The van der Waals surface area contributed by atoms with E-state index in [1.165, 1.54) is 11.3 Å². The van der Waals surface area contributed by atoms with Crippen LogP contribution in [0.1, 0.15) is 28.4 Å². The fourth-order valence-corrected chi connectivity index (χ4v) is 3.80. The lowest BCUT2D eigenvalue weighted by Crippen LogP contribution is -2.15. The van der Waals surface area contributed by atoms with Gasteiger partial charge in [-0.2, -0.15) is 0 Å². The lowest BCUT2D eigenvalue weighted by atomic mass is 10.0. The average molecular weight is 331 g/mol. The lowest BCUT2D eigenvalue weighted by molar-refractivity contribution is 0.406. The molecule has 20 heavy (non-hydrogen) atoms. The van der Waals surface area contributed by atoms with Gasteiger partial charge in [0.15, 0.2) is 0 Å². The molecule has 0 aliphatic rings. The molecule has 0 saturated heterocycles. The molecule has 0 radical (unpaired) electrons. The summed E-state index contributed by atoms with van der Waals surface area (Å²) in [5, 5.41) is 0. The van der Waals surface area contributed by atoms with E-state index in [1.807, 2.05) is 19.9 Å². The molecule has 0 aliphatic carbocycles. The number of hydrogen-bond acceptors (Lipinski definition) is 4. The maximum atomic E-state index is 6.22. The summed E-state index contributed by atoms with van der Waals surface area (Å²) in [5.74, 6) is 0.858. The van der Waals surface area contributed by atoms with Crippen molar-refractivity contribution in [3.63, 3.8) is 0 Å². The van der Waals surface area contributed by atoms with Crippen molar-refractivity contribution < 1.29 is 4.74 Å². The smallest absolute Gasteiger partial charge is 0.128 e. The largest absolute Gasteiger partial charge is 0.496 e. The first-order valence-electron chi connectivity index (χ1n) is 6.13. The van der Waals surface area contributed by atoms with Crippen molar-refractivity contribution in [2.75, 3.05) is 7.11 Å². The Labute approximate surface area is 132 Å². The summed E-state index contributed by atoms with van der Waals surface area (Å²) in [6.45, 7) is 3.96. The summed E-state index contributed by atoms with van der Waals surface area (Å²) < 4.78 is 6.69. The van der Waals surface area contributed by atoms with Gasteiger partial charge in [-0.15, -0.1) is 11.3 Å². The highest BCUT2D eigenvalue weighted by molar-refractivity contribution is 7.20. The highest BCUT2D eigenvalue weighted by Gasteiger charge is 2.17. The van der Waals surface area contributed by atoms with E-state index >= 15 is 0 Å². The predicted molar refractivity (Wildman–Crippen MR) is 85.2 cm³/mol. The normalized spacial score (nSPS) is 12.5. The minimum absolute atomic E-state index is 0.232. The zero-order valence-corrected chi connectivity index (χ0v) is 13.9. The minimum Gasteiger partial charge on any atom is -0.496 e. The van der Waals surface area contributed by atoms with E-state index in [-0.39, 0.29) is 6.04 Å². The number of thiophene rings is 1. The van der Waals surface area contributed by atoms with Crippen LogP contribution in [0.4, 0.5) is 0 Å². The van der Waals surface area contributed by atoms with Gasteiger partial charge in [0.25, 0.3) is 0 Å². The van der Waals surface area contributed by atoms with Gasteiger partial charge in [0.1, 0.15) is 5.75 Å². The minimum atomic E-state index is -0.232. The van der Waals surface area contributed by atoms with Crippen molar-refractivity contribution in [3.8, 4) is 5.75 Å². The van der Waals surface area contributed by atoms with Crippen molar-refractivity contribution in [2.24, 2.45) is 5.73 Å². The molecule has 6 heteroatoms. The summed E-state index contributed by atoms with van der Waals surface area (Å²) in [6.07, 6.45) is 2.39. The van der Waals surface area contributed by atoms with Gasteiger partial charge in [0.2, 0.25) is 0 Å². The maximum absolute atomic E-state index is 6.22. The van der Waals surface area contributed by atoms with Gasteiger partial charge in [-0.3, -0.25) is 4.98 Å². The van der Waals surface area contributed by atoms with Crippen LogP contribution in [0.15, 0.2) is 12.3 Å². The molecule has 2 aromatic heterocycles. The molecule has 2 N–H and O–H groups in total. The molecule has 0 bridgehead atoms. The van der Waals surface area contributed by atoms with Crippen LogP contribution in [0.5, 0.6) is 5.75 Å². The molecular formula is C14H16Cl2N2OS. The molecule has 2 aromatic rings. The van der Waals surface area contributed by atoms with Crippen LogP contribution in [-0.4, -0.2) is 12.1 Å². The van der Waals surface area contributed by atoms with E-state index < -0.39 is 0 Å². The third kappa shape index (κ3) is 3.09. The number of ether oxygens (including phenoxy) is 1. The van der Waals surface area contributed by atoms with Crippen LogP contribution in [0.25, 0.3) is 0 Å².